The predicted octanol–water partition coefficient (Wildman–Crippen LogP) is 1.33. The first kappa shape index (κ1) is 13.0. The van der Waals surface area contributed by atoms with Crippen molar-refractivity contribution in [2.24, 2.45) is 0 Å². The molecule has 0 aromatic heterocycles. The number of hydrogen-bond acceptors (Lipinski definition) is 4. The highest BCUT2D eigenvalue weighted by Gasteiger charge is 2.35. The third-order valence-electron chi connectivity index (χ3n) is 2.85. The average molecular weight is 254 g/mol. The van der Waals surface area contributed by atoms with E-state index in [-0.39, 0.29) is 19.6 Å². The van der Waals surface area contributed by atoms with Gasteiger partial charge in [0.1, 0.15) is 18.9 Å². The van der Waals surface area contributed by atoms with Gasteiger partial charge in [0, 0.05) is 6.42 Å². The van der Waals surface area contributed by atoms with E-state index >= 15 is 0 Å². The molecule has 1 heterocycles. The summed E-state index contributed by atoms with van der Waals surface area (Å²) >= 11 is 0. The molecule has 1 aromatic rings. The zero-order valence-electron chi connectivity index (χ0n) is 9.79. The molecule has 0 saturated carbocycles. The van der Waals surface area contributed by atoms with Crippen LogP contribution in [-0.4, -0.2) is 42.7 Å². The van der Waals surface area contributed by atoms with Gasteiger partial charge >= 0.3 is 5.97 Å². The van der Waals surface area contributed by atoms with Crippen molar-refractivity contribution in [3.8, 4) is 0 Å². The van der Waals surface area contributed by atoms with Crippen LogP contribution in [0, 0.1) is 0 Å². The molecule has 1 unspecified atom stereocenters. The van der Waals surface area contributed by atoms with Gasteiger partial charge in [0.05, 0.1) is 18.3 Å². The lowest BCUT2D eigenvalue weighted by Gasteiger charge is -2.12. The van der Waals surface area contributed by atoms with Crippen LogP contribution in [0.2, 0.25) is 0 Å². The van der Waals surface area contributed by atoms with Crippen molar-refractivity contribution in [3.63, 3.8) is 0 Å². The second-order valence-corrected chi connectivity index (χ2v) is 4.20. The third-order valence-corrected chi connectivity index (χ3v) is 2.85. The summed E-state index contributed by atoms with van der Waals surface area (Å²) in [5.41, 5.74) is 0.450. The van der Waals surface area contributed by atoms with Crippen LogP contribution in [0.1, 0.15) is 16.8 Å². The Morgan fingerprint density at radius 3 is 2.78 bits per heavy atom. The smallest absolute Gasteiger partial charge is 0.338 e. The maximum absolute atomic E-state index is 13.3. The standard InChI is InChI=1S/C13H15FO4/c14-11-6-10(18-12(11)7-15)8-17-13(16)9-4-2-1-3-5-9/h1-5,10-12,15H,6-8H2/t10-,11-,12?/m0/s1. The lowest BCUT2D eigenvalue weighted by Crippen LogP contribution is -2.22. The molecule has 0 spiro atoms. The molecule has 0 aliphatic carbocycles. The topological polar surface area (TPSA) is 55.8 Å². The van der Waals surface area contributed by atoms with Gasteiger partial charge in [-0.3, -0.25) is 0 Å². The first-order valence-electron chi connectivity index (χ1n) is 5.83. The van der Waals surface area contributed by atoms with Gasteiger partial charge in [-0.15, -0.1) is 0 Å². The van der Waals surface area contributed by atoms with Gasteiger partial charge in [-0.05, 0) is 12.1 Å². The van der Waals surface area contributed by atoms with E-state index in [1.165, 1.54) is 0 Å². The number of esters is 1. The van der Waals surface area contributed by atoms with Crippen LogP contribution in [0.3, 0.4) is 0 Å². The maximum Gasteiger partial charge on any atom is 0.338 e. The lowest BCUT2D eigenvalue weighted by atomic mass is 10.2. The van der Waals surface area contributed by atoms with Gasteiger partial charge < -0.3 is 14.6 Å². The molecule has 4 nitrogen and oxygen atoms in total. The monoisotopic (exact) mass is 254 g/mol. The van der Waals surface area contributed by atoms with Crippen LogP contribution in [-0.2, 0) is 9.47 Å². The Balaban J connectivity index is 1.81. The Labute approximate surface area is 104 Å². The van der Waals surface area contributed by atoms with Gasteiger partial charge in [-0.25, -0.2) is 9.18 Å². The molecule has 98 valence electrons. The molecule has 0 amide bonds. The highest BCUT2D eigenvalue weighted by molar-refractivity contribution is 5.89. The molecule has 1 fully saturated rings. The van der Waals surface area contributed by atoms with Crippen molar-refractivity contribution in [1.82, 2.24) is 0 Å². The minimum Gasteiger partial charge on any atom is -0.459 e. The van der Waals surface area contributed by atoms with Gasteiger partial charge in [-0.1, -0.05) is 18.2 Å². The molecular formula is C13H15FO4. The van der Waals surface area contributed by atoms with Crippen molar-refractivity contribution in [2.75, 3.05) is 13.2 Å². The van der Waals surface area contributed by atoms with Crippen LogP contribution in [0.15, 0.2) is 30.3 Å². The summed E-state index contributed by atoms with van der Waals surface area (Å²) in [6.45, 7) is -0.352. The van der Waals surface area contributed by atoms with Crippen molar-refractivity contribution >= 4 is 5.97 Å². The molecule has 1 N–H and O–H groups in total. The molecule has 1 aliphatic heterocycles. The van der Waals surface area contributed by atoms with E-state index in [2.05, 4.69) is 0 Å². The van der Waals surface area contributed by atoms with Crippen LogP contribution in [0.25, 0.3) is 0 Å². The maximum atomic E-state index is 13.3. The summed E-state index contributed by atoms with van der Waals surface area (Å²) in [7, 11) is 0. The van der Waals surface area contributed by atoms with Gasteiger partial charge in [-0.2, -0.15) is 0 Å². The number of carbonyl (C=O) groups excluding carboxylic acids is 1. The Morgan fingerprint density at radius 1 is 1.44 bits per heavy atom. The third kappa shape index (κ3) is 3.05. The van der Waals surface area contributed by atoms with Crippen molar-refractivity contribution in [1.29, 1.82) is 0 Å². The predicted molar refractivity (Wildman–Crippen MR) is 62.0 cm³/mol. The van der Waals surface area contributed by atoms with E-state index in [1.54, 1.807) is 30.3 Å². The summed E-state index contributed by atoms with van der Waals surface area (Å²) in [6.07, 6.45) is -2.33. The Hall–Kier alpha value is -1.46. The molecular weight excluding hydrogens is 239 g/mol. The number of rotatable bonds is 4. The minimum atomic E-state index is -1.20. The second-order valence-electron chi connectivity index (χ2n) is 4.20. The van der Waals surface area contributed by atoms with Gasteiger partial charge in [0.15, 0.2) is 0 Å². The van der Waals surface area contributed by atoms with Crippen molar-refractivity contribution in [3.05, 3.63) is 35.9 Å². The molecule has 18 heavy (non-hydrogen) atoms. The molecule has 1 aromatic carbocycles. The molecule has 2 rings (SSSR count). The zero-order chi connectivity index (χ0) is 13.0. The van der Waals surface area contributed by atoms with E-state index in [9.17, 15) is 9.18 Å². The van der Waals surface area contributed by atoms with Crippen LogP contribution < -0.4 is 0 Å². The molecule has 5 heteroatoms. The number of aliphatic hydroxyl groups is 1. The number of hydrogen-bond donors (Lipinski definition) is 1. The van der Waals surface area contributed by atoms with Gasteiger partial charge in [0.2, 0.25) is 0 Å². The molecule has 1 saturated heterocycles. The molecule has 0 radical (unpaired) electrons. The fourth-order valence-electron chi connectivity index (χ4n) is 1.88. The summed E-state index contributed by atoms with van der Waals surface area (Å²) in [5.74, 6) is -0.456. The first-order chi connectivity index (χ1) is 8.70. The average Bonchev–Trinajstić information content (AvgIpc) is 2.77. The summed E-state index contributed by atoms with van der Waals surface area (Å²) < 4.78 is 23.5. The number of alkyl halides is 1. The van der Waals surface area contributed by atoms with Gasteiger partial charge in [0.25, 0.3) is 0 Å². The van der Waals surface area contributed by atoms with E-state index in [0.29, 0.717) is 5.56 Å². The van der Waals surface area contributed by atoms with Crippen LogP contribution in [0.4, 0.5) is 4.39 Å². The van der Waals surface area contributed by atoms with E-state index < -0.39 is 24.3 Å². The normalized spacial score (nSPS) is 27.1. The quantitative estimate of drug-likeness (QED) is 0.824. The number of ether oxygens (including phenoxy) is 2. The van der Waals surface area contributed by atoms with E-state index in [4.69, 9.17) is 14.6 Å². The SMILES string of the molecule is O=C(OC[C@@H]1C[C@H](F)C(CO)O1)c1ccccc1. The Morgan fingerprint density at radius 2 is 2.17 bits per heavy atom. The fourth-order valence-corrected chi connectivity index (χ4v) is 1.88. The van der Waals surface area contributed by atoms with Crippen LogP contribution in [0.5, 0.6) is 0 Å². The van der Waals surface area contributed by atoms with Crippen molar-refractivity contribution < 1.29 is 23.8 Å². The minimum absolute atomic E-state index is 0.00461. The number of halogens is 1. The summed E-state index contributed by atoms with van der Waals surface area (Å²) in [6, 6.07) is 8.57. The first-order valence-corrected chi connectivity index (χ1v) is 5.83. The number of aliphatic hydroxyl groups excluding tert-OH is 1. The fraction of sp³-hybridized carbons (Fsp3) is 0.462. The summed E-state index contributed by atoms with van der Waals surface area (Å²) in [4.78, 5) is 11.6. The highest BCUT2D eigenvalue weighted by Crippen LogP contribution is 2.23. The van der Waals surface area contributed by atoms with Crippen molar-refractivity contribution in [2.45, 2.75) is 24.8 Å². The molecule has 0 bridgehead atoms. The Bertz CT molecular complexity index is 395. The second kappa shape index (κ2) is 5.93. The molecule has 3 atom stereocenters. The van der Waals surface area contributed by atoms with E-state index in [1.807, 2.05) is 0 Å². The zero-order valence-corrected chi connectivity index (χ0v) is 9.79. The summed E-state index contributed by atoms with van der Waals surface area (Å²) in [5, 5.41) is 8.84. The highest BCUT2D eigenvalue weighted by atomic mass is 19.1. The van der Waals surface area contributed by atoms with E-state index in [0.717, 1.165) is 0 Å². The largest absolute Gasteiger partial charge is 0.459 e. The number of carbonyl (C=O) groups is 1. The molecule has 1 aliphatic rings. The lowest BCUT2D eigenvalue weighted by molar-refractivity contribution is -0.0318. The number of benzene rings is 1. The van der Waals surface area contributed by atoms with Crippen LogP contribution >= 0.6 is 0 Å². The Kier molecular flexibility index (Phi) is 4.28.